The quantitative estimate of drug-likeness (QED) is 0.783. The molecule has 2 N–H and O–H groups in total. The lowest BCUT2D eigenvalue weighted by Gasteiger charge is -2.15. The first-order valence-corrected chi connectivity index (χ1v) is 6.78. The lowest BCUT2D eigenvalue weighted by molar-refractivity contribution is 0.0697. The van der Waals surface area contributed by atoms with E-state index in [1.165, 1.54) is 51.7 Å². The Hall–Kier alpha value is -3.29. The number of phenolic OH excluding ortho intramolecular Hbond substituents is 1. The van der Waals surface area contributed by atoms with Crippen molar-refractivity contribution in [3.63, 3.8) is 0 Å². The Labute approximate surface area is 137 Å². The van der Waals surface area contributed by atoms with Crippen molar-refractivity contribution in [2.75, 3.05) is 21.3 Å². The van der Waals surface area contributed by atoms with E-state index in [-0.39, 0.29) is 34.2 Å². The van der Waals surface area contributed by atoms with Gasteiger partial charge in [0.25, 0.3) is 0 Å². The van der Waals surface area contributed by atoms with E-state index in [2.05, 4.69) is 10.2 Å². The number of carbonyl (C=O) groups is 1. The highest BCUT2D eigenvalue weighted by atomic mass is 16.5. The molecule has 0 atom stereocenters. The van der Waals surface area contributed by atoms with Crippen LogP contribution in [0.15, 0.2) is 40.6 Å². The second-order valence-electron chi connectivity index (χ2n) is 4.56. The molecule has 2 aromatic rings. The van der Waals surface area contributed by atoms with Gasteiger partial charge in [-0.15, -0.1) is 5.11 Å². The van der Waals surface area contributed by atoms with Crippen LogP contribution in [0.5, 0.6) is 23.0 Å². The Morgan fingerprint density at radius 2 is 1.58 bits per heavy atom. The molecule has 0 fully saturated rings. The van der Waals surface area contributed by atoms with Gasteiger partial charge < -0.3 is 24.4 Å². The second kappa shape index (κ2) is 7.32. The number of nitrogens with zero attached hydrogens (tertiary/aromatic N) is 2. The third-order valence-corrected chi connectivity index (χ3v) is 3.15. The number of azo groups is 1. The van der Waals surface area contributed by atoms with E-state index in [0.717, 1.165) is 0 Å². The van der Waals surface area contributed by atoms with Gasteiger partial charge in [-0.25, -0.2) is 4.79 Å². The van der Waals surface area contributed by atoms with Gasteiger partial charge in [0.2, 0.25) is 5.75 Å². The highest BCUT2D eigenvalue weighted by molar-refractivity contribution is 5.97. The normalized spacial score (nSPS) is 10.6. The Balaban J connectivity index is 2.61. The summed E-state index contributed by atoms with van der Waals surface area (Å²) >= 11 is 0. The first kappa shape index (κ1) is 17.1. The summed E-state index contributed by atoms with van der Waals surface area (Å²) in [5, 5.41) is 26.6. The predicted molar refractivity (Wildman–Crippen MR) is 85.3 cm³/mol. The monoisotopic (exact) mass is 332 g/mol. The van der Waals surface area contributed by atoms with Crippen LogP contribution in [-0.2, 0) is 0 Å². The number of phenols is 1. The van der Waals surface area contributed by atoms with Gasteiger partial charge in [0.15, 0.2) is 11.5 Å². The molecule has 0 amide bonds. The topological polar surface area (TPSA) is 110 Å². The molecule has 0 saturated carbocycles. The van der Waals surface area contributed by atoms with E-state index >= 15 is 0 Å². The van der Waals surface area contributed by atoms with Crippen LogP contribution in [0.3, 0.4) is 0 Å². The van der Waals surface area contributed by atoms with E-state index in [4.69, 9.17) is 14.2 Å². The van der Waals surface area contributed by atoms with E-state index in [9.17, 15) is 15.0 Å². The summed E-state index contributed by atoms with van der Waals surface area (Å²) in [6, 6.07) is 7.24. The molecule has 0 aromatic heterocycles. The summed E-state index contributed by atoms with van der Waals surface area (Å²) in [4.78, 5) is 11.5. The molecule has 8 heteroatoms. The zero-order valence-electron chi connectivity index (χ0n) is 13.3. The van der Waals surface area contributed by atoms with Crippen molar-refractivity contribution in [3.8, 4) is 23.0 Å². The van der Waals surface area contributed by atoms with E-state index in [1.807, 2.05) is 0 Å². The molecule has 0 heterocycles. The standard InChI is InChI=1S/C16H16N2O6/c1-22-12-8-11(16(20)21)13(15(24-3)14(12)23-2)18-17-9-4-6-10(19)7-5-9/h4-8,19H,1-3H3,(H,20,21). The molecule has 24 heavy (non-hydrogen) atoms. The average Bonchev–Trinajstić information content (AvgIpc) is 2.59. The lowest BCUT2D eigenvalue weighted by Crippen LogP contribution is -2.02. The first-order chi connectivity index (χ1) is 11.5. The van der Waals surface area contributed by atoms with Gasteiger partial charge in [-0.2, -0.15) is 5.11 Å². The minimum atomic E-state index is -1.21. The highest BCUT2D eigenvalue weighted by Crippen LogP contribution is 2.47. The van der Waals surface area contributed by atoms with Crippen molar-refractivity contribution in [2.24, 2.45) is 10.2 Å². The molecule has 0 unspecified atom stereocenters. The summed E-state index contributed by atoms with van der Waals surface area (Å²) in [7, 11) is 4.16. The molecule has 0 aliphatic carbocycles. The Bertz CT molecular complexity index is 771. The Morgan fingerprint density at radius 3 is 2.08 bits per heavy atom. The van der Waals surface area contributed by atoms with Gasteiger partial charge in [0.1, 0.15) is 11.4 Å². The molecule has 0 aliphatic heterocycles. The maximum absolute atomic E-state index is 11.5. The van der Waals surface area contributed by atoms with E-state index in [0.29, 0.717) is 5.69 Å². The lowest BCUT2D eigenvalue weighted by atomic mass is 10.1. The molecule has 2 aromatic carbocycles. The van der Waals surface area contributed by atoms with Crippen LogP contribution in [0.25, 0.3) is 0 Å². The van der Waals surface area contributed by atoms with Crippen LogP contribution in [0, 0.1) is 0 Å². The summed E-state index contributed by atoms with van der Waals surface area (Å²) in [6.45, 7) is 0. The second-order valence-corrected chi connectivity index (χ2v) is 4.56. The van der Waals surface area contributed by atoms with Crippen LogP contribution < -0.4 is 14.2 Å². The van der Waals surface area contributed by atoms with Crippen molar-refractivity contribution in [3.05, 3.63) is 35.9 Å². The first-order valence-electron chi connectivity index (χ1n) is 6.78. The minimum Gasteiger partial charge on any atom is -0.508 e. The van der Waals surface area contributed by atoms with Crippen LogP contribution in [0.2, 0.25) is 0 Å². The van der Waals surface area contributed by atoms with Gasteiger partial charge in [-0.05, 0) is 24.3 Å². The molecule has 126 valence electrons. The van der Waals surface area contributed by atoms with Gasteiger partial charge in [0.05, 0.1) is 32.6 Å². The number of hydrogen-bond acceptors (Lipinski definition) is 7. The molecule has 8 nitrogen and oxygen atoms in total. The number of aromatic carboxylic acids is 1. The molecule has 2 rings (SSSR count). The van der Waals surface area contributed by atoms with Gasteiger partial charge in [-0.1, -0.05) is 0 Å². The number of aromatic hydroxyl groups is 1. The summed E-state index contributed by atoms with van der Waals surface area (Å²) < 4.78 is 15.6. The smallest absolute Gasteiger partial charge is 0.338 e. The zero-order chi connectivity index (χ0) is 17.7. The molecule has 0 aliphatic rings. The van der Waals surface area contributed by atoms with Gasteiger partial charge in [-0.3, -0.25) is 0 Å². The van der Waals surface area contributed by atoms with E-state index in [1.54, 1.807) is 0 Å². The van der Waals surface area contributed by atoms with Crippen molar-refractivity contribution in [1.29, 1.82) is 0 Å². The Kier molecular flexibility index (Phi) is 5.20. The molecule has 0 radical (unpaired) electrons. The van der Waals surface area contributed by atoms with Gasteiger partial charge >= 0.3 is 5.97 Å². The number of ether oxygens (including phenoxy) is 3. The fourth-order valence-corrected chi connectivity index (χ4v) is 2.03. The third kappa shape index (κ3) is 3.37. The minimum absolute atomic E-state index is 0.00396. The summed E-state index contributed by atoms with van der Waals surface area (Å²) in [6.07, 6.45) is 0. The predicted octanol–water partition coefficient (Wildman–Crippen LogP) is 3.53. The molecule has 0 bridgehead atoms. The number of carboxylic acid groups (broad SMARTS) is 1. The Morgan fingerprint density at radius 1 is 0.958 bits per heavy atom. The SMILES string of the molecule is COc1cc(C(=O)O)c(N=Nc2ccc(O)cc2)c(OC)c1OC. The largest absolute Gasteiger partial charge is 0.508 e. The molecular weight excluding hydrogens is 316 g/mol. The van der Waals surface area contributed by atoms with Crippen LogP contribution in [0.4, 0.5) is 11.4 Å². The number of rotatable bonds is 6. The molecule has 0 saturated heterocycles. The van der Waals surface area contributed by atoms with Crippen molar-refractivity contribution in [2.45, 2.75) is 0 Å². The van der Waals surface area contributed by atoms with Crippen LogP contribution in [-0.4, -0.2) is 37.5 Å². The number of methoxy groups -OCH3 is 3. The van der Waals surface area contributed by atoms with Crippen LogP contribution in [0.1, 0.15) is 10.4 Å². The summed E-state index contributed by atoms with van der Waals surface area (Å²) in [5.74, 6) is -0.616. The highest BCUT2D eigenvalue weighted by Gasteiger charge is 2.24. The fourth-order valence-electron chi connectivity index (χ4n) is 2.03. The zero-order valence-corrected chi connectivity index (χ0v) is 13.3. The molecule has 0 spiro atoms. The molecular formula is C16H16N2O6. The van der Waals surface area contributed by atoms with Crippen molar-refractivity contribution < 1.29 is 29.2 Å². The third-order valence-electron chi connectivity index (χ3n) is 3.15. The maximum atomic E-state index is 11.5. The van der Waals surface area contributed by atoms with Crippen molar-refractivity contribution >= 4 is 17.3 Å². The fraction of sp³-hybridized carbons (Fsp3) is 0.188. The number of benzene rings is 2. The summed E-state index contributed by atoms with van der Waals surface area (Å²) in [5.41, 5.74) is 0.281. The van der Waals surface area contributed by atoms with Crippen LogP contribution >= 0.6 is 0 Å². The van der Waals surface area contributed by atoms with Gasteiger partial charge in [0, 0.05) is 6.07 Å². The number of hydrogen-bond donors (Lipinski definition) is 2. The number of carboxylic acids is 1. The maximum Gasteiger partial charge on any atom is 0.338 e. The van der Waals surface area contributed by atoms with Crippen molar-refractivity contribution in [1.82, 2.24) is 0 Å². The van der Waals surface area contributed by atoms with E-state index < -0.39 is 5.97 Å². The average molecular weight is 332 g/mol.